The lowest BCUT2D eigenvalue weighted by Gasteiger charge is -2.47. The van der Waals surface area contributed by atoms with Gasteiger partial charge in [0.1, 0.15) is 0 Å². The Labute approximate surface area is 154 Å². The van der Waals surface area contributed by atoms with Crippen molar-refractivity contribution in [2.45, 2.75) is 76.8 Å². The van der Waals surface area contributed by atoms with Gasteiger partial charge < -0.3 is 0 Å². The topological polar surface area (TPSA) is 6.48 Å². The van der Waals surface area contributed by atoms with Gasteiger partial charge in [0.15, 0.2) is 0 Å². The lowest BCUT2D eigenvalue weighted by atomic mass is 9.70. The Hall–Kier alpha value is -0.860. The Morgan fingerprint density at radius 3 is 2.28 bits per heavy atom. The maximum Gasteiger partial charge on any atom is 0.0233 e. The summed E-state index contributed by atoms with van der Waals surface area (Å²) in [6.45, 7) is 11.3. The van der Waals surface area contributed by atoms with Crippen LogP contribution in [0.1, 0.15) is 75.8 Å². The molecule has 0 N–H and O–H groups in total. The SMILES string of the molecule is CC1(C)CCCCN1CC1CC(c2ccc(CN3CCCC3)cc2)C1. The van der Waals surface area contributed by atoms with E-state index in [0.717, 1.165) is 18.4 Å². The molecule has 0 amide bonds. The maximum absolute atomic E-state index is 2.77. The number of hydrogen-bond acceptors (Lipinski definition) is 2. The third kappa shape index (κ3) is 4.11. The maximum atomic E-state index is 2.77. The summed E-state index contributed by atoms with van der Waals surface area (Å²) < 4.78 is 0. The minimum Gasteiger partial charge on any atom is -0.299 e. The van der Waals surface area contributed by atoms with Crippen LogP contribution in [0, 0.1) is 5.92 Å². The Kier molecular flexibility index (Phi) is 5.20. The molecule has 2 heteroatoms. The molecule has 1 aliphatic carbocycles. The quantitative estimate of drug-likeness (QED) is 0.741. The van der Waals surface area contributed by atoms with E-state index in [9.17, 15) is 0 Å². The Balaban J connectivity index is 1.25. The van der Waals surface area contributed by atoms with Crippen LogP contribution < -0.4 is 0 Å². The molecule has 0 aromatic heterocycles. The van der Waals surface area contributed by atoms with Gasteiger partial charge in [0, 0.05) is 18.6 Å². The zero-order valence-corrected chi connectivity index (χ0v) is 16.3. The van der Waals surface area contributed by atoms with Gasteiger partial charge in [0.25, 0.3) is 0 Å². The van der Waals surface area contributed by atoms with Crippen molar-refractivity contribution in [2.75, 3.05) is 26.2 Å². The fourth-order valence-electron chi connectivity index (χ4n) is 5.22. The summed E-state index contributed by atoms with van der Waals surface area (Å²) in [7, 11) is 0. The van der Waals surface area contributed by atoms with E-state index in [1.54, 1.807) is 5.56 Å². The van der Waals surface area contributed by atoms with Gasteiger partial charge in [-0.15, -0.1) is 0 Å². The highest BCUT2D eigenvalue weighted by atomic mass is 15.2. The van der Waals surface area contributed by atoms with Crippen LogP contribution >= 0.6 is 0 Å². The molecule has 1 saturated carbocycles. The first kappa shape index (κ1) is 17.5. The van der Waals surface area contributed by atoms with Crippen LogP contribution in [0.25, 0.3) is 0 Å². The first-order chi connectivity index (χ1) is 12.1. The molecule has 3 aliphatic rings. The first-order valence-corrected chi connectivity index (χ1v) is 10.7. The van der Waals surface area contributed by atoms with Gasteiger partial charge in [-0.3, -0.25) is 9.80 Å². The normalized spacial score (nSPS) is 30.3. The predicted molar refractivity (Wildman–Crippen MR) is 106 cm³/mol. The molecule has 138 valence electrons. The molecule has 0 unspecified atom stereocenters. The zero-order valence-electron chi connectivity index (χ0n) is 16.3. The summed E-state index contributed by atoms with van der Waals surface area (Å²) in [5.74, 6) is 1.74. The summed E-state index contributed by atoms with van der Waals surface area (Å²) in [4.78, 5) is 5.37. The van der Waals surface area contributed by atoms with E-state index in [1.165, 1.54) is 76.7 Å². The monoisotopic (exact) mass is 340 g/mol. The molecule has 2 saturated heterocycles. The van der Waals surface area contributed by atoms with Gasteiger partial charge in [-0.05, 0) is 95.0 Å². The van der Waals surface area contributed by atoms with E-state index in [4.69, 9.17) is 0 Å². The van der Waals surface area contributed by atoms with Crippen molar-refractivity contribution < 1.29 is 0 Å². The molecule has 0 atom stereocenters. The average Bonchev–Trinajstić information content (AvgIpc) is 3.06. The minimum atomic E-state index is 0.431. The largest absolute Gasteiger partial charge is 0.299 e. The van der Waals surface area contributed by atoms with Crippen molar-refractivity contribution in [3.63, 3.8) is 0 Å². The highest BCUT2D eigenvalue weighted by Crippen LogP contribution is 2.43. The highest BCUT2D eigenvalue weighted by Gasteiger charge is 2.36. The third-order valence-corrected chi connectivity index (χ3v) is 7.09. The number of benzene rings is 1. The van der Waals surface area contributed by atoms with Gasteiger partial charge >= 0.3 is 0 Å². The number of nitrogens with zero attached hydrogens (tertiary/aromatic N) is 2. The highest BCUT2D eigenvalue weighted by molar-refractivity contribution is 5.27. The van der Waals surface area contributed by atoms with E-state index in [1.807, 2.05) is 0 Å². The molecule has 0 radical (unpaired) electrons. The average molecular weight is 341 g/mol. The standard InChI is InChI=1S/C23H36N2/c1-23(2)11-3-4-14-25(23)18-20-15-22(16-20)21-9-7-19(8-10-21)17-24-12-5-6-13-24/h7-10,20,22H,3-6,11-18H2,1-2H3. The number of piperidine rings is 1. The molecule has 0 bridgehead atoms. The van der Waals surface area contributed by atoms with Gasteiger partial charge in [-0.1, -0.05) is 30.7 Å². The molecule has 1 aromatic rings. The van der Waals surface area contributed by atoms with Crippen molar-refractivity contribution in [3.8, 4) is 0 Å². The van der Waals surface area contributed by atoms with Gasteiger partial charge in [0.2, 0.25) is 0 Å². The lowest BCUT2D eigenvalue weighted by Crippen LogP contribution is -2.50. The van der Waals surface area contributed by atoms with Crippen LogP contribution in [0.3, 0.4) is 0 Å². The van der Waals surface area contributed by atoms with Crippen LogP contribution in [0.15, 0.2) is 24.3 Å². The summed E-state index contributed by atoms with van der Waals surface area (Å²) in [6, 6.07) is 9.59. The Bertz CT molecular complexity index is 550. The molecule has 2 nitrogen and oxygen atoms in total. The smallest absolute Gasteiger partial charge is 0.0233 e. The predicted octanol–water partition coefficient (Wildman–Crippen LogP) is 5.04. The van der Waals surface area contributed by atoms with Gasteiger partial charge in [0.05, 0.1) is 0 Å². The van der Waals surface area contributed by atoms with Crippen LogP contribution in [0.4, 0.5) is 0 Å². The van der Waals surface area contributed by atoms with E-state index in [-0.39, 0.29) is 0 Å². The fourth-order valence-corrected chi connectivity index (χ4v) is 5.22. The molecule has 2 aliphatic heterocycles. The summed E-state index contributed by atoms with van der Waals surface area (Å²) in [6.07, 6.45) is 9.76. The van der Waals surface area contributed by atoms with E-state index in [0.29, 0.717) is 5.54 Å². The molecule has 1 aromatic carbocycles. The second-order valence-corrected chi connectivity index (χ2v) is 9.47. The van der Waals surface area contributed by atoms with Crippen molar-refractivity contribution >= 4 is 0 Å². The van der Waals surface area contributed by atoms with E-state index < -0.39 is 0 Å². The Morgan fingerprint density at radius 1 is 0.920 bits per heavy atom. The fraction of sp³-hybridized carbons (Fsp3) is 0.739. The van der Waals surface area contributed by atoms with Crippen LogP contribution in [0.2, 0.25) is 0 Å². The number of rotatable bonds is 5. The van der Waals surface area contributed by atoms with Crippen molar-refractivity contribution in [1.29, 1.82) is 0 Å². The molecule has 2 heterocycles. The second kappa shape index (κ2) is 7.40. The van der Waals surface area contributed by atoms with E-state index in [2.05, 4.69) is 47.9 Å². The number of hydrogen-bond donors (Lipinski definition) is 0. The molecular formula is C23H36N2. The minimum absolute atomic E-state index is 0.431. The van der Waals surface area contributed by atoms with Gasteiger partial charge in [-0.2, -0.15) is 0 Å². The second-order valence-electron chi connectivity index (χ2n) is 9.47. The van der Waals surface area contributed by atoms with Crippen LogP contribution in [-0.2, 0) is 6.54 Å². The molecule has 25 heavy (non-hydrogen) atoms. The van der Waals surface area contributed by atoms with Crippen LogP contribution in [-0.4, -0.2) is 41.5 Å². The van der Waals surface area contributed by atoms with Gasteiger partial charge in [-0.25, -0.2) is 0 Å². The zero-order chi connectivity index (χ0) is 17.3. The van der Waals surface area contributed by atoms with Crippen LogP contribution in [0.5, 0.6) is 0 Å². The molecule has 4 rings (SSSR count). The summed E-state index contributed by atoms with van der Waals surface area (Å²) in [5, 5.41) is 0. The summed E-state index contributed by atoms with van der Waals surface area (Å²) in [5.41, 5.74) is 3.51. The Morgan fingerprint density at radius 2 is 1.60 bits per heavy atom. The molecular weight excluding hydrogens is 304 g/mol. The lowest BCUT2D eigenvalue weighted by molar-refractivity contribution is 0.0401. The van der Waals surface area contributed by atoms with Crippen molar-refractivity contribution in [3.05, 3.63) is 35.4 Å². The number of likely N-dealkylation sites (tertiary alicyclic amines) is 2. The molecule has 3 fully saturated rings. The van der Waals surface area contributed by atoms with Crippen molar-refractivity contribution in [2.24, 2.45) is 5.92 Å². The van der Waals surface area contributed by atoms with E-state index >= 15 is 0 Å². The first-order valence-electron chi connectivity index (χ1n) is 10.7. The summed E-state index contributed by atoms with van der Waals surface area (Å²) >= 11 is 0. The van der Waals surface area contributed by atoms with Crippen molar-refractivity contribution in [1.82, 2.24) is 9.80 Å². The molecule has 0 spiro atoms. The third-order valence-electron chi connectivity index (χ3n) is 7.09.